The van der Waals surface area contributed by atoms with E-state index >= 15 is 4.39 Å². The second kappa shape index (κ2) is 9.17. The maximum atomic E-state index is 15.8. The Morgan fingerprint density at radius 2 is 1.95 bits per heavy atom. The molecule has 1 spiro atoms. The van der Waals surface area contributed by atoms with Crippen molar-refractivity contribution >= 4 is 22.5 Å². The molecule has 9 heteroatoms. The summed E-state index contributed by atoms with van der Waals surface area (Å²) in [6.45, 7) is 2.42. The van der Waals surface area contributed by atoms with Gasteiger partial charge in [0.05, 0.1) is 24.3 Å². The molecule has 37 heavy (non-hydrogen) atoms. The summed E-state index contributed by atoms with van der Waals surface area (Å²) in [6.07, 6.45) is 2.19. The first kappa shape index (κ1) is 25.0. The standard InChI is InChI=1S/C28H30ClF4N3O/c1-27(32,33)16-36-26(25-20(12-28(36)6-7-28)19-4-2-3-5-23(19)34-25)24-21(29)10-18(11-22(24)31)37-9-8-35-14-17(13-30)15-35/h2-5,10-11,17,26,34H,6-9,12-16H2,1H3/t26-/m1/s1. The van der Waals surface area contributed by atoms with E-state index in [4.69, 9.17) is 16.3 Å². The number of benzene rings is 2. The zero-order valence-electron chi connectivity index (χ0n) is 20.7. The van der Waals surface area contributed by atoms with E-state index in [1.54, 1.807) is 11.0 Å². The molecule has 1 aromatic heterocycles. The van der Waals surface area contributed by atoms with Gasteiger partial charge in [0.1, 0.15) is 18.2 Å². The van der Waals surface area contributed by atoms with E-state index in [2.05, 4.69) is 9.88 Å². The molecule has 1 N–H and O–H groups in total. The van der Waals surface area contributed by atoms with Crippen LogP contribution in [0.2, 0.25) is 5.02 Å². The van der Waals surface area contributed by atoms with Gasteiger partial charge in [0.15, 0.2) is 0 Å². The van der Waals surface area contributed by atoms with E-state index in [9.17, 15) is 13.2 Å². The van der Waals surface area contributed by atoms with Crippen LogP contribution >= 0.6 is 11.6 Å². The van der Waals surface area contributed by atoms with Crippen LogP contribution in [-0.4, -0.2) is 65.7 Å². The van der Waals surface area contributed by atoms with Crippen LogP contribution in [0.3, 0.4) is 0 Å². The fourth-order valence-electron chi connectivity index (χ4n) is 6.13. The highest BCUT2D eigenvalue weighted by Gasteiger charge is 2.57. The van der Waals surface area contributed by atoms with Gasteiger partial charge in [-0.3, -0.25) is 14.2 Å². The number of aromatic amines is 1. The van der Waals surface area contributed by atoms with E-state index in [-0.39, 0.29) is 28.9 Å². The molecule has 2 aromatic carbocycles. The van der Waals surface area contributed by atoms with E-state index in [1.807, 2.05) is 24.3 Å². The van der Waals surface area contributed by atoms with Crippen LogP contribution in [0, 0.1) is 11.7 Å². The first-order chi connectivity index (χ1) is 17.7. The van der Waals surface area contributed by atoms with Crippen LogP contribution in [0.4, 0.5) is 17.6 Å². The van der Waals surface area contributed by atoms with Gasteiger partial charge in [0.25, 0.3) is 5.92 Å². The molecule has 0 unspecified atom stereocenters. The Morgan fingerprint density at radius 3 is 2.62 bits per heavy atom. The fourth-order valence-corrected chi connectivity index (χ4v) is 6.43. The van der Waals surface area contributed by atoms with Crippen molar-refractivity contribution in [2.24, 2.45) is 5.92 Å². The summed E-state index contributed by atoms with van der Waals surface area (Å²) in [7, 11) is 0. The lowest BCUT2D eigenvalue weighted by Crippen LogP contribution is -2.50. The Morgan fingerprint density at radius 1 is 1.19 bits per heavy atom. The zero-order chi connectivity index (χ0) is 25.9. The van der Waals surface area contributed by atoms with Gasteiger partial charge >= 0.3 is 0 Å². The number of fused-ring (bicyclic) bond motifs is 3. The summed E-state index contributed by atoms with van der Waals surface area (Å²) in [5.41, 5.74) is 2.41. The van der Waals surface area contributed by atoms with Gasteiger partial charge in [-0.15, -0.1) is 0 Å². The van der Waals surface area contributed by atoms with Gasteiger partial charge in [0, 0.05) is 66.2 Å². The lowest BCUT2D eigenvalue weighted by atomic mass is 9.86. The molecule has 1 saturated heterocycles. The number of hydrogen-bond acceptors (Lipinski definition) is 3. The summed E-state index contributed by atoms with van der Waals surface area (Å²) in [5, 5.41) is 1.18. The van der Waals surface area contributed by atoms with Crippen molar-refractivity contribution in [3.05, 3.63) is 64.1 Å². The Bertz CT molecular complexity index is 1290. The Labute approximate surface area is 218 Å². The molecular weight excluding hydrogens is 506 g/mol. The predicted molar refractivity (Wildman–Crippen MR) is 136 cm³/mol. The highest BCUT2D eigenvalue weighted by Crippen LogP contribution is 2.56. The van der Waals surface area contributed by atoms with Crippen molar-refractivity contribution in [2.45, 2.75) is 43.7 Å². The van der Waals surface area contributed by atoms with Crippen molar-refractivity contribution in [3.63, 3.8) is 0 Å². The number of ether oxygens (including phenoxy) is 1. The lowest BCUT2D eigenvalue weighted by Gasteiger charge is -2.44. The molecule has 0 radical (unpaired) electrons. The van der Waals surface area contributed by atoms with Gasteiger partial charge in [-0.25, -0.2) is 13.2 Å². The van der Waals surface area contributed by atoms with Crippen LogP contribution < -0.4 is 4.74 Å². The van der Waals surface area contributed by atoms with E-state index in [0.717, 1.165) is 41.9 Å². The number of likely N-dealkylation sites (tertiary alicyclic amines) is 1. The average Bonchev–Trinajstić information content (AvgIpc) is 3.49. The first-order valence-corrected chi connectivity index (χ1v) is 13.2. The van der Waals surface area contributed by atoms with Crippen LogP contribution in [0.25, 0.3) is 10.9 Å². The minimum atomic E-state index is -2.96. The predicted octanol–water partition coefficient (Wildman–Crippen LogP) is 6.38. The molecule has 6 rings (SSSR count). The molecule has 3 aliphatic rings. The Hall–Kier alpha value is -2.29. The fraction of sp³-hybridized carbons (Fsp3) is 0.500. The second-order valence-corrected chi connectivity index (χ2v) is 11.4. The third-order valence-corrected chi connectivity index (χ3v) is 8.39. The first-order valence-electron chi connectivity index (χ1n) is 12.8. The average molecular weight is 536 g/mol. The molecule has 1 aliphatic carbocycles. The molecule has 1 saturated carbocycles. The molecular formula is C28H30ClF4N3O. The Kier molecular flexibility index (Phi) is 6.20. The minimum absolute atomic E-state index is 0.0874. The van der Waals surface area contributed by atoms with Gasteiger partial charge in [-0.1, -0.05) is 29.8 Å². The number of hydrogen-bond donors (Lipinski definition) is 1. The molecule has 3 heterocycles. The molecule has 3 aromatic rings. The number of alkyl halides is 3. The quantitative estimate of drug-likeness (QED) is 0.340. The molecule has 2 fully saturated rings. The van der Waals surface area contributed by atoms with Crippen molar-refractivity contribution in [2.75, 3.05) is 39.5 Å². The van der Waals surface area contributed by atoms with Crippen molar-refractivity contribution in [3.8, 4) is 5.75 Å². The van der Waals surface area contributed by atoms with Crippen molar-refractivity contribution in [1.29, 1.82) is 0 Å². The number of nitrogens with zero attached hydrogens (tertiary/aromatic N) is 2. The summed E-state index contributed by atoms with van der Waals surface area (Å²) in [6, 6.07) is 9.93. The Balaban J connectivity index is 1.35. The van der Waals surface area contributed by atoms with E-state index in [0.29, 0.717) is 32.7 Å². The number of aromatic nitrogens is 1. The maximum Gasteiger partial charge on any atom is 0.257 e. The summed E-state index contributed by atoms with van der Waals surface area (Å²) >= 11 is 6.70. The highest BCUT2D eigenvalue weighted by atomic mass is 35.5. The third-order valence-electron chi connectivity index (χ3n) is 8.08. The van der Waals surface area contributed by atoms with Gasteiger partial charge in [-0.05, 0) is 37.0 Å². The summed E-state index contributed by atoms with van der Waals surface area (Å²) in [4.78, 5) is 7.25. The van der Waals surface area contributed by atoms with Crippen LogP contribution in [0.1, 0.15) is 42.6 Å². The van der Waals surface area contributed by atoms with Gasteiger partial charge in [-0.2, -0.15) is 0 Å². The SMILES string of the molecule is CC(F)(F)CN1[C@H](c2c(F)cc(OCCN3CC(CF)C3)cc2Cl)c2[nH]c3ccccc3c2CC12CC2. The second-order valence-electron chi connectivity index (χ2n) is 11.0. The van der Waals surface area contributed by atoms with Crippen LogP contribution in [-0.2, 0) is 6.42 Å². The third kappa shape index (κ3) is 4.61. The van der Waals surface area contributed by atoms with Crippen LogP contribution in [0.15, 0.2) is 36.4 Å². The molecule has 2 aliphatic heterocycles. The lowest BCUT2D eigenvalue weighted by molar-refractivity contribution is -0.0449. The monoisotopic (exact) mass is 535 g/mol. The smallest absolute Gasteiger partial charge is 0.257 e. The molecule has 4 nitrogen and oxygen atoms in total. The number of nitrogens with one attached hydrogen (secondary N) is 1. The number of rotatable bonds is 8. The highest BCUT2D eigenvalue weighted by molar-refractivity contribution is 6.31. The number of H-pyrrole nitrogens is 1. The largest absolute Gasteiger partial charge is 0.492 e. The molecule has 1 atom stereocenters. The summed E-state index contributed by atoms with van der Waals surface area (Å²) in [5.74, 6) is -3.17. The normalized spacial score (nSPS) is 21.8. The van der Waals surface area contributed by atoms with Gasteiger partial charge < -0.3 is 9.72 Å². The van der Waals surface area contributed by atoms with Crippen molar-refractivity contribution < 1.29 is 22.3 Å². The van der Waals surface area contributed by atoms with Crippen LogP contribution in [0.5, 0.6) is 5.75 Å². The van der Waals surface area contributed by atoms with Crippen molar-refractivity contribution in [1.82, 2.24) is 14.8 Å². The van der Waals surface area contributed by atoms with Gasteiger partial charge in [0.2, 0.25) is 0 Å². The topological polar surface area (TPSA) is 31.5 Å². The van der Waals surface area contributed by atoms with E-state index in [1.165, 1.54) is 6.07 Å². The minimum Gasteiger partial charge on any atom is -0.492 e. The van der Waals surface area contributed by atoms with E-state index < -0.39 is 29.9 Å². The molecule has 0 bridgehead atoms. The molecule has 198 valence electrons. The molecule has 0 amide bonds. The maximum absolute atomic E-state index is 15.8. The summed E-state index contributed by atoms with van der Waals surface area (Å²) < 4.78 is 63.2. The zero-order valence-corrected chi connectivity index (χ0v) is 21.4. The number of halogens is 5. The number of para-hydroxylation sites is 1.